The first-order valence-electron chi connectivity index (χ1n) is 8.69. The Labute approximate surface area is 135 Å². The molecule has 1 aliphatic heterocycles. The van der Waals surface area contributed by atoms with E-state index in [1.165, 1.54) is 51.6 Å². The summed E-state index contributed by atoms with van der Waals surface area (Å²) in [5, 5.41) is 13.8. The van der Waals surface area contributed by atoms with E-state index in [0.29, 0.717) is 6.04 Å². The standard InChI is InChI=1S/C17H34N2OS/c1-14-5-4-6-16(11-14)19-9-7-15(8-10-19)18-12-17(2,20)13-21-3/h14-16,18,20H,4-13H2,1-3H3. The zero-order valence-electron chi connectivity index (χ0n) is 14.1. The maximum Gasteiger partial charge on any atom is 0.0833 e. The third kappa shape index (κ3) is 5.74. The van der Waals surface area contributed by atoms with E-state index in [-0.39, 0.29) is 0 Å². The maximum atomic E-state index is 10.2. The Morgan fingerprint density at radius 2 is 1.95 bits per heavy atom. The summed E-state index contributed by atoms with van der Waals surface area (Å²) in [4.78, 5) is 2.73. The molecule has 0 bridgehead atoms. The van der Waals surface area contributed by atoms with Crippen LogP contribution in [0.25, 0.3) is 0 Å². The van der Waals surface area contributed by atoms with Crippen LogP contribution >= 0.6 is 11.8 Å². The summed E-state index contributed by atoms with van der Waals surface area (Å²) in [6.07, 6.45) is 10.2. The molecule has 0 spiro atoms. The molecule has 2 fully saturated rings. The highest BCUT2D eigenvalue weighted by molar-refractivity contribution is 7.98. The van der Waals surface area contributed by atoms with Gasteiger partial charge >= 0.3 is 0 Å². The third-order valence-corrected chi connectivity index (χ3v) is 6.09. The van der Waals surface area contributed by atoms with E-state index in [9.17, 15) is 5.11 Å². The van der Waals surface area contributed by atoms with Gasteiger partial charge in [0.2, 0.25) is 0 Å². The summed E-state index contributed by atoms with van der Waals surface area (Å²) < 4.78 is 0. The normalized spacial score (nSPS) is 32.0. The average Bonchev–Trinajstić information content (AvgIpc) is 2.46. The molecule has 3 unspecified atom stereocenters. The minimum atomic E-state index is -0.574. The molecule has 3 nitrogen and oxygen atoms in total. The van der Waals surface area contributed by atoms with Crippen LogP contribution in [-0.2, 0) is 0 Å². The van der Waals surface area contributed by atoms with E-state index in [0.717, 1.165) is 24.3 Å². The number of nitrogens with one attached hydrogen (secondary N) is 1. The van der Waals surface area contributed by atoms with Gasteiger partial charge in [0, 0.05) is 24.4 Å². The molecule has 4 heteroatoms. The summed E-state index contributed by atoms with van der Waals surface area (Å²) in [5.41, 5.74) is -0.574. The van der Waals surface area contributed by atoms with E-state index < -0.39 is 5.60 Å². The molecule has 124 valence electrons. The SMILES string of the molecule is CSCC(C)(O)CNC1CCN(C2CCCC(C)C2)CC1. The highest BCUT2D eigenvalue weighted by atomic mass is 32.2. The second-order valence-electron chi connectivity index (χ2n) is 7.55. The largest absolute Gasteiger partial charge is 0.388 e. The van der Waals surface area contributed by atoms with Gasteiger partial charge in [0.1, 0.15) is 0 Å². The fraction of sp³-hybridized carbons (Fsp3) is 1.00. The summed E-state index contributed by atoms with van der Waals surface area (Å²) in [6.45, 7) is 7.54. The summed E-state index contributed by atoms with van der Waals surface area (Å²) in [5.74, 6) is 1.72. The smallest absolute Gasteiger partial charge is 0.0833 e. The lowest BCUT2D eigenvalue weighted by atomic mass is 9.85. The molecule has 3 atom stereocenters. The fourth-order valence-corrected chi connectivity index (χ4v) is 4.65. The van der Waals surface area contributed by atoms with E-state index in [2.05, 4.69) is 23.4 Å². The van der Waals surface area contributed by atoms with Crippen molar-refractivity contribution in [2.45, 2.75) is 70.1 Å². The topological polar surface area (TPSA) is 35.5 Å². The molecule has 0 aromatic heterocycles. The Hall–Kier alpha value is 0.230. The zero-order valence-corrected chi connectivity index (χ0v) is 14.9. The minimum absolute atomic E-state index is 0.574. The first-order chi connectivity index (χ1) is 10.00. The van der Waals surface area contributed by atoms with Gasteiger partial charge < -0.3 is 15.3 Å². The molecule has 2 N–H and O–H groups in total. The molecular formula is C17H34N2OS. The molecule has 0 aromatic rings. The minimum Gasteiger partial charge on any atom is -0.388 e. The van der Waals surface area contributed by atoms with Gasteiger partial charge in [-0.05, 0) is 57.9 Å². The van der Waals surface area contributed by atoms with E-state index >= 15 is 0 Å². The number of nitrogens with zero attached hydrogens (tertiary/aromatic N) is 1. The molecule has 0 aromatic carbocycles. The third-order valence-electron chi connectivity index (χ3n) is 5.18. The molecule has 1 saturated heterocycles. The molecule has 2 aliphatic rings. The second kappa shape index (κ2) is 8.19. The van der Waals surface area contributed by atoms with Crippen molar-refractivity contribution in [1.82, 2.24) is 10.2 Å². The van der Waals surface area contributed by atoms with Crippen LogP contribution in [0.4, 0.5) is 0 Å². The molecule has 21 heavy (non-hydrogen) atoms. The van der Waals surface area contributed by atoms with Crippen molar-refractivity contribution in [2.24, 2.45) is 5.92 Å². The zero-order chi connectivity index (χ0) is 15.3. The van der Waals surface area contributed by atoms with Crippen molar-refractivity contribution in [3.63, 3.8) is 0 Å². The fourth-order valence-electron chi connectivity index (χ4n) is 3.93. The van der Waals surface area contributed by atoms with E-state index in [4.69, 9.17) is 0 Å². The van der Waals surface area contributed by atoms with Crippen LogP contribution in [0.5, 0.6) is 0 Å². The highest BCUT2D eigenvalue weighted by Crippen LogP contribution is 2.29. The molecule has 2 rings (SSSR count). The van der Waals surface area contributed by atoms with Crippen LogP contribution < -0.4 is 5.32 Å². The number of rotatable bonds is 6. The van der Waals surface area contributed by atoms with Gasteiger partial charge in [-0.1, -0.05) is 19.8 Å². The Morgan fingerprint density at radius 3 is 2.57 bits per heavy atom. The van der Waals surface area contributed by atoms with Gasteiger partial charge in [0.15, 0.2) is 0 Å². The van der Waals surface area contributed by atoms with E-state index in [1.54, 1.807) is 11.8 Å². The predicted octanol–water partition coefficient (Wildman–Crippen LogP) is 2.73. The van der Waals surface area contributed by atoms with E-state index in [1.807, 2.05) is 6.92 Å². The average molecular weight is 315 g/mol. The first kappa shape index (κ1) is 17.6. The van der Waals surface area contributed by atoms with Crippen LogP contribution in [0.2, 0.25) is 0 Å². The molecule has 0 radical (unpaired) electrons. The van der Waals surface area contributed by atoms with Crippen LogP contribution in [0.3, 0.4) is 0 Å². The first-order valence-corrected chi connectivity index (χ1v) is 10.1. The van der Waals surface area contributed by atoms with Crippen molar-refractivity contribution < 1.29 is 5.11 Å². The number of aliphatic hydroxyl groups is 1. The van der Waals surface area contributed by atoms with Crippen molar-refractivity contribution in [2.75, 3.05) is 31.6 Å². The number of likely N-dealkylation sites (tertiary alicyclic amines) is 1. The molecular weight excluding hydrogens is 280 g/mol. The van der Waals surface area contributed by atoms with Crippen molar-refractivity contribution >= 4 is 11.8 Å². The van der Waals surface area contributed by atoms with Gasteiger partial charge in [-0.25, -0.2) is 0 Å². The number of hydrogen-bond donors (Lipinski definition) is 2. The Morgan fingerprint density at radius 1 is 1.24 bits per heavy atom. The second-order valence-corrected chi connectivity index (χ2v) is 8.41. The van der Waals surface area contributed by atoms with Crippen molar-refractivity contribution in [3.05, 3.63) is 0 Å². The van der Waals surface area contributed by atoms with Crippen LogP contribution in [0.15, 0.2) is 0 Å². The van der Waals surface area contributed by atoms with Gasteiger partial charge in [-0.3, -0.25) is 0 Å². The summed E-state index contributed by atoms with van der Waals surface area (Å²) in [6, 6.07) is 1.44. The molecule has 1 saturated carbocycles. The monoisotopic (exact) mass is 314 g/mol. The van der Waals surface area contributed by atoms with Crippen molar-refractivity contribution in [3.8, 4) is 0 Å². The van der Waals surface area contributed by atoms with Gasteiger partial charge in [-0.2, -0.15) is 11.8 Å². The van der Waals surface area contributed by atoms with Crippen molar-refractivity contribution in [1.29, 1.82) is 0 Å². The summed E-state index contributed by atoms with van der Waals surface area (Å²) >= 11 is 1.72. The Kier molecular flexibility index (Phi) is 6.85. The van der Waals surface area contributed by atoms with Crippen LogP contribution in [0, 0.1) is 5.92 Å². The van der Waals surface area contributed by atoms with Gasteiger partial charge in [-0.15, -0.1) is 0 Å². The predicted molar refractivity (Wildman–Crippen MR) is 93.0 cm³/mol. The lowest BCUT2D eigenvalue weighted by molar-refractivity contribution is 0.0678. The lowest BCUT2D eigenvalue weighted by Crippen LogP contribution is -2.50. The molecule has 0 amide bonds. The molecule has 1 heterocycles. The van der Waals surface area contributed by atoms with Gasteiger partial charge in [0.05, 0.1) is 5.60 Å². The molecule has 1 aliphatic carbocycles. The Bertz CT molecular complexity index is 303. The van der Waals surface area contributed by atoms with Crippen LogP contribution in [0.1, 0.15) is 52.4 Å². The number of hydrogen-bond acceptors (Lipinski definition) is 4. The lowest BCUT2D eigenvalue weighted by Gasteiger charge is -2.41. The number of thioether (sulfide) groups is 1. The summed E-state index contributed by atoms with van der Waals surface area (Å²) in [7, 11) is 0. The van der Waals surface area contributed by atoms with Crippen LogP contribution in [-0.4, -0.2) is 59.3 Å². The highest BCUT2D eigenvalue weighted by Gasteiger charge is 2.29. The maximum absolute atomic E-state index is 10.2. The number of piperidine rings is 1. The Balaban J connectivity index is 1.68. The van der Waals surface area contributed by atoms with Gasteiger partial charge in [0.25, 0.3) is 0 Å². The quantitative estimate of drug-likeness (QED) is 0.790.